The second kappa shape index (κ2) is 8.22. The van der Waals surface area contributed by atoms with Gasteiger partial charge < -0.3 is 19.2 Å². The third-order valence-corrected chi connectivity index (χ3v) is 5.63. The molecule has 8 nitrogen and oxygen atoms in total. The predicted molar refractivity (Wildman–Crippen MR) is 109 cm³/mol. The van der Waals surface area contributed by atoms with Crippen LogP contribution in [0, 0.1) is 0 Å². The average molecular weight is 399 g/mol. The molecule has 3 aromatic rings. The minimum atomic E-state index is -1.08. The first-order valence-corrected chi connectivity index (χ1v) is 10.3. The number of methoxy groups -OCH3 is 1. The van der Waals surface area contributed by atoms with Gasteiger partial charge in [-0.05, 0) is 39.2 Å². The molecule has 1 N–H and O–H groups in total. The number of fused-ring (bicyclic) bond motifs is 1. The highest BCUT2D eigenvalue weighted by atomic mass is 16.5. The summed E-state index contributed by atoms with van der Waals surface area (Å²) in [7, 11) is 1.72. The van der Waals surface area contributed by atoms with Crippen molar-refractivity contribution in [2.45, 2.75) is 44.8 Å². The van der Waals surface area contributed by atoms with Crippen molar-refractivity contribution < 1.29 is 14.3 Å². The summed E-state index contributed by atoms with van der Waals surface area (Å²) in [5.74, 6) is 0.638. The highest BCUT2D eigenvalue weighted by Crippen LogP contribution is 2.35. The number of para-hydroxylation sites is 1. The summed E-state index contributed by atoms with van der Waals surface area (Å²) < 4.78 is 13.0. The van der Waals surface area contributed by atoms with Gasteiger partial charge in [0.25, 0.3) is 5.89 Å². The first-order chi connectivity index (χ1) is 14.0. The molecule has 0 spiro atoms. The molecule has 1 aliphatic heterocycles. The van der Waals surface area contributed by atoms with Gasteiger partial charge in [0.15, 0.2) is 5.69 Å². The zero-order valence-electron chi connectivity index (χ0n) is 17.3. The molecule has 8 heteroatoms. The van der Waals surface area contributed by atoms with Gasteiger partial charge in [-0.1, -0.05) is 18.2 Å². The Labute approximate surface area is 170 Å². The van der Waals surface area contributed by atoms with Gasteiger partial charge in [0, 0.05) is 44.8 Å². The third kappa shape index (κ3) is 3.92. The molecular weight excluding hydrogens is 370 g/mol. The van der Waals surface area contributed by atoms with Gasteiger partial charge in [-0.2, -0.15) is 5.10 Å². The van der Waals surface area contributed by atoms with Crippen molar-refractivity contribution in [2.24, 2.45) is 0 Å². The Morgan fingerprint density at radius 2 is 1.97 bits per heavy atom. The molecule has 0 bridgehead atoms. The van der Waals surface area contributed by atoms with Gasteiger partial charge in [-0.3, -0.25) is 4.68 Å². The summed E-state index contributed by atoms with van der Waals surface area (Å²) in [5, 5.41) is 25.2. The number of aromatic nitrogens is 4. The van der Waals surface area contributed by atoms with E-state index in [0.717, 1.165) is 43.6 Å². The molecule has 0 radical (unpaired) electrons. The summed E-state index contributed by atoms with van der Waals surface area (Å²) in [6, 6.07) is 8.23. The van der Waals surface area contributed by atoms with Gasteiger partial charge in [-0.25, -0.2) is 0 Å². The number of likely N-dealkylation sites (tertiary alicyclic amines) is 1. The van der Waals surface area contributed by atoms with Crippen LogP contribution in [0.4, 0.5) is 0 Å². The SMILES string of the molecule is COCCCN1CCC(O)(c2nnc(-c3nn(C(C)C)c4ccccc34)o2)CC1. The largest absolute Gasteiger partial charge is 0.416 e. The maximum Gasteiger partial charge on any atom is 0.268 e. The number of hydrogen-bond donors (Lipinski definition) is 1. The summed E-state index contributed by atoms with van der Waals surface area (Å²) in [4.78, 5) is 2.34. The average Bonchev–Trinajstić information content (AvgIpc) is 3.35. The highest BCUT2D eigenvalue weighted by molar-refractivity contribution is 5.91. The molecule has 4 rings (SSSR count). The number of ether oxygens (including phenoxy) is 1. The van der Waals surface area contributed by atoms with Crippen molar-refractivity contribution in [3.8, 4) is 11.6 Å². The third-order valence-electron chi connectivity index (χ3n) is 5.63. The van der Waals surface area contributed by atoms with Crippen molar-refractivity contribution in [1.29, 1.82) is 0 Å². The molecule has 3 heterocycles. The second-order valence-corrected chi connectivity index (χ2v) is 8.04. The van der Waals surface area contributed by atoms with E-state index in [9.17, 15) is 5.11 Å². The Hall–Kier alpha value is -2.29. The Bertz CT molecular complexity index is 956. The molecule has 1 aromatic carbocycles. The molecule has 0 saturated carbocycles. The van der Waals surface area contributed by atoms with Gasteiger partial charge >= 0.3 is 0 Å². The molecule has 156 valence electrons. The monoisotopic (exact) mass is 399 g/mol. The number of piperidine rings is 1. The fourth-order valence-electron chi connectivity index (χ4n) is 3.94. The topological polar surface area (TPSA) is 89.4 Å². The molecule has 0 amide bonds. The Morgan fingerprint density at radius 1 is 1.21 bits per heavy atom. The fraction of sp³-hybridized carbons (Fsp3) is 0.571. The van der Waals surface area contributed by atoms with Crippen LogP contribution in [-0.2, 0) is 10.3 Å². The van der Waals surface area contributed by atoms with E-state index in [1.54, 1.807) is 7.11 Å². The Balaban J connectivity index is 1.54. The lowest BCUT2D eigenvalue weighted by molar-refractivity contribution is -0.0467. The number of nitrogens with zero attached hydrogens (tertiary/aromatic N) is 5. The van der Waals surface area contributed by atoms with E-state index in [-0.39, 0.29) is 11.9 Å². The highest BCUT2D eigenvalue weighted by Gasteiger charge is 2.39. The predicted octanol–water partition coefficient (Wildman–Crippen LogP) is 2.99. The molecular formula is C21H29N5O3. The standard InChI is InChI=1S/C21H29N5O3/c1-15(2)26-17-8-5-4-7-16(17)18(24-26)19-22-23-20(29-19)21(27)9-12-25(13-10-21)11-6-14-28-3/h4-5,7-8,15,27H,6,9-14H2,1-3H3. The lowest BCUT2D eigenvalue weighted by atomic mass is 9.91. The van der Waals surface area contributed by atoms with Crippen molar-refractivity contribution in [3.05, 3.63) is 30.2 Å². The lowest BCUT2D eigenvalue weighted by Crippen LogP contribution is -2.43. The summed E-state index contributed by atoms with van der Waals surface area (Å²) in [6.45, 7) is 7.49. The maximum atomic E-state index is 11.1. The van der Waals surface area contributed by atoms with E-state index in [1.807, 2.05) is 28.9 Å². The van der Waals surface area contributed by atoms with Crippen molar-refractivity contribution in [2.75, 3.05) is 33.4 Å². The minimum Gasteiger partial charge on any atom is -0.416 e. The number of aliphatic hydroxyl groups is 1. The van der Waals surface area contributed by atoms with Gasteiger partial charge in [0.05, 0.1) is 5.52 Å². The first kappa shape index (κ1) is 20.0. The van der Waals surface area contributed by atoms with Crippen molar-refractivity contribution in [1.82, 2.24) is 24.9 Å². The molecule has 0 atom stereocenters. The van der Waals surface area contributed by atoms with Crippen LogP contribution >= 0.6 is 0 Å². The van der Waals surface area contributed by atoms with Gasteiger partial charge in [0.2, 0.25) is 5.89 Å². The van der Waals surface area contributed by atoms with Crippen LogP contribution in [0.15, 0.2) is 28.7 Å². The van der Waals surface area contributed by atoms with E-state index >= 15 is 0 Å². The molecule has 0 aliphatic carbocycles. The van der Waals surface area contributed by atoms with E-state index in [4.69, 9.17) is 14.3 Å². The minimum absolute atomic E-state index is 0.211. The van der Waals surface area contributed by atoms with Crippen molar-refractivity contribution in [3.63, 3.8) is 0 Å². The zero-order valence-corrected chi connectivity index (χ0v) is 17.3. The first-order valence-electron chi connectivity index (χ1n) is 10.3. The maximum absolute atomic E-state index is 11.1. The van der Waals surface area contributed by atoms with Gasteiger partial charge in [0.1, 0.15) is 5.60 Å². The molecule has 29 heavy (non-hydrogen) atoms. The number of rotatable bonds is 7. The second-order valence-electron chi connectivity index (χ2n) is 8.04. The molecule has 0 unspecified atom stereocenters. The fourth-order valence-corrected chi connectivity index (χ4v) is 3.94. The van der Waals surface area contributed by atoms with E-state index in [1.165, 1.54) is 0 Å². The molecule has 1 saturated heterocycles. The van der Waals surface area contributed by atoms with Crippen LogP contribution in [0.25, 0.3) is 22.5 Å². The summed E-state index contributed by atoms with van der Waals surface area (Å²) >= 11 is 0. The van der Waals surface area contributed by atoms with Crippen LogP contribution in [0.2, 0.25) is 0 Å². The summed E-state index contributed by atoms with van der Waals surface area (Å²) in [5.41, 5.74) is 0.605. The molecule has 1 fully saturated rings. The smallest absolute Gasteiger partial charge is 0.268 e. The van der Waals surface area contributed by atoms with E-state index in [0.29, 0.717) is 24.4 Å². The Morgan fingerprint density at radius 3 is 2.69 bits per heavy atom. The number of benzene rings is 1. The molecule has 1 aliphatic rings. The zero-order chi connectivity index (χ0) is 20.4. The van der Waals surface area contributed by atoms with Gasteiger partial charge in [-0.15, -0.1) is 10.2 Å². The van der Waals surface area contributed by atoms with Crippen LogP contribution in [0.1, 0.15) is 45.0 Å². The lowest BCUT2D eigenvalue weighted by Gasteiger charge is -2.35. The Kier molecular flexibility index (Phi) is 5.67. The van der Waals surface area contributed by atoms with E-state index < -0.39 is 5.60 Å². The van der Waals surface area contributed by atoms with Crippen LogP contribution in [-0.4, -0.2) is 63.3 Å². The van der Waals surface area contributed by atoms with Crippen molar-refractivity contribution >= 4 is 10.9 Å². The molecule has 2 aromatic heterocycles. The quantitative estimate of drug-likeness (QED) is 0.611. The summed E-state index contributed by atoms with van der Waals surface area (Å²) in [6.07, 6.45) is 2.14. The van der Waals surface area contributed by atoms with Crippen LogP contribution < -0.4 is 0 Å². The number of hydrogen-bond acceptors (Lipinski definition) is 7. The van der Waals surface area contributed by atoms with Crippen LogP contribution in [0.3, 0.4) is 0 Å². The van der Waals surface area contributed by atoms with Crippen LogP contribution in [0.5, 0.6) is 0 Å². The van der Waals surface area contributed by atoms with E-state index in [2.05, 4.69) is 28.9 Å². The normalized spacial score (nSPS) is 17.4.